The molecule has 1 aromatic heterocycles. The van der Waals surface area contributed by atoms with Crippen LogP contribution in [0, 0.1) is 44.4 Å². The quantitative estimate of drug-likeness (QED) is 0.531. The molecular formula is C4H8N4OPU-. The van der Waals surface area contributed by atoms with Gasteiger partial charge >= 0.3 is 0 Å². The van der Waals surface area contributed by atoms with Crippen LogP contribution in [-0.4, -0.2) is 20.2 Å². The Morgan fingerprint density at radius 3 is 2.91 bits per heavy atom. The Balaban J connectivity index is 0.000001000. The summed E-state index contributed by atoms with van der Waals surface area (Å²) in [5, 5.41) is 10.8. The third-order valence-corrected chi connectivity index (χ3v) is 1.20. The van der Waals surface area contributed by atoms with E-state index in [1.165, 1.54) is 6.35 Å². The summed E-state index contributed by atoms with van der Waals surface area (Å²) < 4.78 is 6.47. The van der Waals surface area contributed by atoms with E-state index in [-0.39, 0.29) is 31.1 Å². The van der Waals surface area contributed by atoms with Crippen LogP contribution in [0.5, 0.6) is 0 Å². The molecule has 0 aliphatic rings. The van der Waals surface area contributed by atoms with E-state index < -0.39 is 0 Å². The van der Waals surface area contributed by atoms with E-state index in [0.717, 1.165) is 5.82 Å². The molecule has 0 saturated heterocycles. The molecule has 1 aromatic rings. The van der Waals surface area contributed by atoms with Gasteiger partial charge in [0.05, 0.1) is 0 Å². The third-order valence-electron chi connectivity index (χ3n) is 1.00. The Hall–Kier alpha value is 0.512. The molecule has 11 heavy (non-hydrogen) atoms. The third kappa shape index (κ3) is 3.62. The summed E-state index contributed by atoms with van der Waals surface area (Å²) in [4.78, 5) is 0. The van der Waals surface area contributed by atoms with Gasteiger partial charge in [-0.2, -0.15) is 6.35 Å². The molecule has 0 radical (unpaired) electrons. The van der Waals surface area contributed by atoms with E-state index in [1.807, 2.05) is 6.92 Å². The first-order valence-electron chi connectivity index (χ1n) is 2.72. The molecular weight excluding hydrogens is 389 g/mol. The summed E-state index contributed by atoms with van der Waals surface area (Å²) in [5.41, 5.74) is 0. The van der Waals surface area contributed by atoms with Gasteiger partial charge in [-0.25, -0.2) is 4.68 Å². The van der Waals surface area contributed by atoms with Gasteiger partial charge in [-0.05, 0) is 17.4 Å². The number of hydrogen-bond acceptors (Lipinski definition) is 4. The minimum Gasteiger partial charge on any atom is -0.531 e. The van der Waals surface area contributed by atoms with Gasteiger partial charge in [0.15, 0.2) is 5.82 Å². The summed E-state index contributed by atoms with van der Waals surface area (Å²) in [6.45, 7) is 2.18. The summed E-state index contributed by atoms with van der Waals surface area (Å²) in [5.74, 6) is 0.742. The van der Waals surface area contributed by atoms with Crippen LogP contribution in [0.15, 0.2) is 0 Å². The Labute approximate surface area is 90.8 Å². The van der Waals surface area contributed by atoms with Crippen molar-refractivity contribution in [1.82, 2.24) is 20.2 Å². The van der Waals surface area contributed by atoms with E-state index in [1.54, 1.807) is 4.68 Å². The van der Waals surface area contributed by atoms with Crippen molar-refractivity contribution < 1.29 is 35.9 Å². The number of hydrogen-bond donors (Lipinski definition) is 0. The molecule has 1 atom stereocenters. The summed E-state index contributed by atoms with van der Waals surface area (Å²) >= 11 is 0. The van der Waals surface area contributed by atoms with Gasteiger partial charge in [0.25, 0.3) is 0 Å². The monoisotopic (exact) mass is 397 g/mol. The van der Waals surface area contributed by atoms with E-state index in [2.05, 4.69) is 24.8 Å². The van der Waals surface area contributed by atoms with Gasteiger partial charge in [0, 0.05) is 31.1 Å². The molecule has 7 heteroatoms. The van der Waals surface area contributed by atoms with E-state index in [9.17, 15) is 0 Å². The Morgan fingerprint density at radius 2 is 2.45 bits per heavy atom. The molecule has 0 aliphatic carbocycles. The first-order chi connectivity index (χ1) is 4.84. The minimum atomic E-state index is 0. The number of ether oxygens (including phenoxy) is 1. The average molecular weight is 397 g/mol. The van der Waals surface area contributed by atoms with Gasteiger partial charge < -0.3 is 4.74 Å². The second-order valence-corrected chi connectivity index (χ2v) is 1.93. The normalized spacial score (nSPS) is 9.27. The van der Waals surface area contributed by atoms with E-state index >= 15 is 0 Å². The fourth-order valence-corrected chi connectivity index (χ4v) is 0.568. The second kappa shape index (κ2) is 6.08. The van der Waals surface area contributed by atoms with E-state index in [0.29, 0.717) is 6.73 Å². The Morgan fingerprint density at radius 1 is 1.73 bits per heavy atom. The van der Waals surface area contributed by atoms with Gasteiger partial charge in [0.1, 0.15) is 6.73 Å². The van der Waals surface area contributed by atoms with E-state index in [4.69, 9.17) is 4.74 Å². The van der Waals surface area contributed by atoms with Crippen LogP contribution < -0.4 is 0 Å². The van der Waals surface area contributed by atoms with Crippen molar-refractivity contribution in [3.63, 3.8) is 0 Å². The standard InChI is InChI=1S/C4H8N4OP.U/c1-4-5-6-7-8(4)2-9-3-10;/h3H,2,10H2,1H3;/q-1;. The number of rotatable bonds is 3. The largest absolute Gasteiger partial charge is 0.531 e. The number of aryl methyl sites for hydroxylation is 1. The van der Waals surface area contributed by atoms with Crippen LogP contribution in [0.4, 0.5) is 0 Å². The summed E-state index contributed by atoms with van der Waals surface area (Å²) in [7, 11) is 2.33. The topological polar surface area (TPSA) is 52.8 Å². The van der Waals surface area contributed by atoms with Crippen molar-refractivity contribution in [3.05, 3.63) is 12.2 Å². The summed E-state index contributed by atoms with van der Waals surface area (Å²) in [6, 6.07) is 0. The molecule has 0 aliphatic heterocycles. The average Bonchev–Trinajstić information content (AvgIpc) is 2.31. The van der Waals surface area contributed by atoms with Gasteiger partial charge in [-0.3, -0.25) is 9.24 Å². The fraction of sp³-hybridized carbons (Fsp3) is 0.500. The van der Waals surface area contributed by atoms with Crippen LogP contribution in [0.3, 0.4) is 0 Å². The molecule has 0 spiro atoms. The molecule has 60 valence electrons. The molecule has 1 heterocycles. The van der Waals surface area contributed by atoms with Crippen LogP contribution in [0.2, 0.25) is 0 Å². The van der Waals surface area contributed by atoms with Crippen LogP contribution in [0.25, 0.3) is 0 Å². The maximum atomic E-state index is 4.92. The van der Waals surface area contributed by atoms with Crippen molar-refractivity contribution in [1.29, 1.82) is 0 Å². The van der Waals surface area contributed by atoms with Gasteiger partial charge in [-0.15, -0.1) is 5.10 Å². The first-order valence-corrected chi connectivity index (χ1v) is 3.39. The van der Waals surface area contributed by atoms with Crippen molar-refractivity contribution in [2.45, 2.75) is 13.7 Å². The number of tetrazole rings is 1. The number of nitrogens with zero attached hydrogens (tertiary/aromatic N) is 4. The Bertz CT molecular complexity index is 206. The maximum absolute atomic E-state index is 4.92. The minimum absolute atomic E-state index is 0. The zero-order chi connectivity index (χ0) is 7.40. The Kier molecular flexibility index (Phi) is 6.36. The fourth-order valence-electron chi connectivity index (χ4n) is 0.482. The number of aromatic nitrogens is 4. The SMILES string of the molecule is Cc1nnnn1CO[CH-]P.[U]. The molecule has 0 fully saturated rings. The zero-order valence-corrected chi connectivity index (χ0v) is 11.4. The van der Waals surface area contributed by atoms with Crippen LogP contribution in [0.1, 0.15) is 5.82 Å². The molecule has 0 aromatic carbocycles. The van der Waals surface area contributed by atoms with Gasteiger partial charge in [-0.1, -0.05) is 0 Å². The maximum Gasteiger partial charge on any atom is 0.150 e. The predicted octanol–water partition coefficient (Wildman–Crippen LogP) is -0.0500. The second-order valence-electron chi connectivity index (χ2n) is 1.66. The molecule has 0 amide bonds. The summed E-state index contributed by atoms with van der Waals surface area (Å²) in [6.07, 6.45) is 1.52. The molecule has 5 nitrogen and oxygen atoms in total. The van der Waals surface area contributed by atoms with Crippen molar-refractivity contribution in [2.75, 3.05) is 0 Å². The molecule has 0 saturated carbocycles. The van der Waals surface area contributed by atoms with Crippen LogP contribution in [-0.2, 0) is 11.5 Å². The predicted molar refractivity (Wildman–Crippen MR) is 37.6 cm³/mol. The first kappa shape index (κ1) is 11.5. The zero-order valence-electron chi connectivity index (χ0n) is 6.06. The van der Waals surface area contributed by atoms with Crippen molar-refractivity contribution in [3.8, 4) is 0 Å². The molecule has 0 N–H and O–H groups in total. The van der Waals surface area contributed by atoms with Gasteiger partial charge in [0.2, 0.25) is 0 Å². The van der Waals surface area contributed by atoms with Crippen molar-refractivity contribution >= 4 is 9.24 Å². The van der Waals surface area contributed by atoms with Crippen molar-refractivity contribution in [2.24, 2.45) is 0 Å². The molecule has 1 unspecified atom stereocenters. The molecule has 0 bridgehead atoms. The van der Waals surface area contributed by atoms with Crippen LogP contribution >= 0.6 is 9.24 Å². The smallest absolute Gasteiger partial charge is 0.150 e. The molecule has 1 rings (SSSR count).